The van der Waals surface area contributed by atoms with Gasteiger partial charge in [0.2, 0.25) is 5.89 Å². The van der Waals surface area contributed by atoms with E-state index in [0.717, 1.165) is 17.7 Å². The van der Waals surface area contributed by atoms with E-state index in [9.17, 15) is 0 Å². The molecule has 5 heteroatoms. The molecule has 0 bridgehead atoms. The zero-order chi connectivity index (χ0) is 18.5. The van der Waals surface area contributed by atoms with E-state index in [1.807, 2.05) is 36.4 Å². The predicted octanol–water partition coefficient (Wildman–Crippen LogP) is 4.94. The summed E-state index contributed by atoms with van der Waals surface area (Å²) in [5.74, 6) is 1.31. The normalized spacial score (nSPS) is 11.4. The van der Waals surface area contributed by atoms with E-state index in [1.165, 1.54) is 4.88 Å². The van der Waals surface area contributed by atoms with Crippen LogP contribution < -0.4 is 0 Å². The lowest BCUT2D eigenvalue weighted by Gasteiger charge is -2.14. The highest BCUT2D eigenvalue weighted by Gasteiger charge is 2.22. The van der Waals surface area contributed by atoms with Crippen molar-refractivity contribution in [1.82, 2.24) is 15.0 Å². The zero-order valence-electron chi connectivity index (χ0n) is 15.2. The Labute approximate surface area is 163 Å². The zero-order valence-corrected chi connectivity index (χ0v) is 16.0. The number of hydrogen-bond donors (Lipinski definition) is 0. The van der Waals surface area contributed by atoms with E-state index in [4.69, 9.17) is 9.51 Å². The molecule has 4 aromatic rings. The summed E-state index contributed by atoms with van der Waals surface area (Å²) in [4.78, 5) is 8.22. The standard InChI is InChI=1S/C22H21N3OS/c1-25(15-19-13-8-14-27-19)16-20-23-22(24-26-20)21(17-9-4-2-5-10-17)18-11-6-3-7-12-18/h2-14,21H,15-16H2,1H3. The van der Waals surface area contributed by atoms with Gasteiger partial charge in [0.1, 0.15) is 0 Å². The molecule has 0 radical (unpaired) electrons. The van der Waals surface area contributed by atoms with Gasteiger partial charge in [-0.05, 0) is 29.6 Å². The Kier molecular flexibility index (Phi) is 5.42. The molecule has 0 unspecified atom stereocenters. The molecule has 0 saturated carbocycles. The second-order valence-corrected chi connectivity index (χ2v) is 7.58. The van der Waals surface area contributed by atoms with Gasteiger partial charge in [0, 0.05) is 11.4 Å². The lowest BCUT2D eigenvalue weighted by Crippen LogP contribution is -2.16. The van der Waals surface area contributed by atoms with E-state index in [1.54, 1.807) is 11.3 Å². The maximum atomic E-state index is 5.58. The first-order valence-corrected chi connectivity index (χ1v) is 9.81. The maximum absolute atomic E-state index is 5.58. The van der Waals surface area contributed by atoms with Crippen molar-refractivity contribution in [3.8, 4) is 0 Å². The second-order valence-electron chi connectivity index (χ2n) is 6.55. The van der Waals surface area contributed by atoms with E-state index in [2.05, 4.69) is 58.9 Å². The first-order chi connectivity index (χ1) is 13.3. The number of benzene rings is 2. The van der Waals surface area contributed by atoms with Crippen molar-refractivity contribution in [2.75, 3.05) is 7.05 Å². The third-order valence-corrected chi connectivity index (χ3v) is 5.28. The highest BCUT2D eigenvalue weighted by atomic mass is 32.1. The van der Waals surface area contributed by atoms with Crippen LogP contribution in [-0.2, 0) is 13.1 Å². The van der Waals surface area contributed by atoms with Crippen molar-refractivity contribution in [2.45, 2.75) is 19.0 Å². The Balaban J connectivity index is 1.57. The number of hydrogen-bond acceptors (Lipinski definition) is 5. The molecule has 0 aliphatic heterocycles. The van der Waals surface area contributed by atoms with Crippen LogP contribution >= 0.6 is 11.3 Å². The van der Waals surface area contributed by atoms with Crippen LogP contribution in [0.1, 0.15) is 33.6 Å². The highest BCUT2D eigenvalue weighted by Crippen LogP contribution is 2.30. The van der Waals surface area contributed by atoms with Crippen LogP contribution in [0.2, 0.25) is 0 Å². The quantitative estimate of drug-likeness (QED) is 0.459. The third kappa shape index (κ3) is 4.32. The monoisotopic (exact) mass is 375 g/mol. The second kappa shape index (κ2) is 8.29. The number of nitrogens with zero attached hydrogens (tertiary/aromatic N) is 3. The van der Waals surface area contributed by atoms with Gasteiger partial charge in [0.15, 0.2) is 5.82 Å². The van der Waals surface area contributed by atoms with Gasteiger partial charge in [0.05, 0.1) is 12.5 Å². The van der Waals surface area contributed by atoms with Crippen LogP contribution in [-0.4, -0.2) is 22.1 Å². The first-order valence-electron chi connectivity index (χ1n) is 8.93. The van der Waals surface area contributed by atoms with Crippen LogP contribution in [0.4, 0.5) is 0 Å². The molecule has 0 aliphatic carbocycles. The van der Waals surface area contributed by atoms with Crippen LogP contribution in [0.3, 0.4) is 0 Å². The van der Waals surface area contributed by atoms with Gasteiger partial charge in [-0.3, -0.25) is 4.90 Å². The van der Waals surface area contributed by atoms with Crippen LogP contribution in [0.5, 0.6) is 0 Å². The first kappa shape index (κ1) is 17.6. The molecular formula is C22H21N3OS. The minimum absolute atomic E-state index is 0.0347. The molecule has 0 atom stereocenters. The van der Waals surface area contributed by atoms with Gasteiger partial charge in [-0.1, -0.05) is 71.9 Å². The van der Waals surface area contributed by atoms with Gasteiger partial charge < -0.3 is 4.52 Å². The summed E-state index contributed by atoms with van der Waals surface area (Å²) >= 11 is 1.76. The topological polar surface area (TPSA) is 42.2 Å². The van der Waals surface area contributed by atoms with Crippen molar-refractivity contribution in [2.24, 2.45) is 0 Å². The molecule has 2 aromatic heterocycles. The number of rotatable bonds is 7. The van der Waals surface area contributed by atoms with Crippen molar-refractivity contribution in [3.63, 3.8) is 0 Å². The predicted molar refractivity (Wildman–Crippen MR) is 108 cm³/mol. The fourth-order valence-electron chi connectivity index (χ4n) is 3.19. The van der Waals surface area contributed by atoms with Crippen molar-refractivity contribution >= 4 is 11.3 Å². The molecule has 0 N–H and O–H groups in total. The summed E-state index contributed by atoms with van der Waals surface area (Å²) in [6.45, 7) is 1.50. The largest absolute Gasteiger partial charge is 0.338 e. The van der Waals surface area contributed by atoms with E-state index < -0.39 is 0 Å². The Morgan fingerprint density at radius 3 is 2.15 bits per heavy atom. The average molecular weight is 375 g/mol. The van der Waals surface area contributed by atoms with E-state index >= 15 is 0 Å². The fraction of sp³-hybridized carbons (Fsp3) is 0.182. The Bertz CT molecular complexity index is 912. The molecule has 0 fully saturated rings. The Morgan fingerprint density at radius 1 is 0.889 bits per heavy atom. The number of aromatic nitrogens is 2. The van der Waals surface area contributed by atoms with Crippen LogP contribution in [0, 0.1) is 0 Å². The Morgan fingerprint density at radius 2 is 1.56 bits per heavy atom. The fourth-order valence-corrected chi connectivity index (χ4v) is 3.97. The third-order valence-electron chi connectivity index (χ3n) is 4.42. The summed E-state index contributed by atoms with van der Waals surface area (Å²) in [6.07, 6.45) is 0. The number of thiophene rings is 1. The lowest BCUT2D eigenvalue weighted by atomic mass is 9.91. The SMILES string of the molecule is CN(Cc1nc(C(c2ccccc2)c2ccccc2)no1)Cc1cccs1. The summed E-state index contributed by atoms with van der Waals surface area (Å²) in [5.41, 5.74) is 2.31. The van der Waals surface area contributed by atoms with Gasteiger partial charge in [-0.25, -0.2) is 0 Å². The van der Waals surface area contributed by atoms with Crippen LogP contribution in [0.25, 0.3) is 0 Å². The van der Waals surface area contributed by atoms with Crippen LogP contribution in [0.15, 0.2) is 82.7 Å². The molecule has 136 valence electrons. The van der Waals surface area contributed by atoms with Gasteiger partial charge in [0.25, 0.3) is 0 Å². The van der Waals surface area contributed by atoms with E-state index in [0.29, 0.717) is 18.3 Å². The van der Waals surface area contributed by atoms with Gasteiger partial charge in [-0.2, -0.15) is 4.98 Å². The molecule has 0 saturated heterocycles. The summed E-state index contributed by atoms with van der Waals surface area (Å²) in [5, 5.41) is 6.40. The smallest absolute Gasteiger partial charge is 0.240 e. The molecular weight excluding hydrogens is 354 g/mol. The summed E-state index contributed by atoms with van der Waals surface area (Å²) in [6, 6.07) is 24.9. The van der Waals surface area contributed by atoms with Gasteiger partial charge in [-0.15, -0.1) is 11.3 Å². The molecule has 27 heavy (non-hydrogen) atoms. The Hall–Kier alpha value is -2.76. The minimum Gasteiger partial charge on any atom is -0.338 e. The summed E-state index contributed by atoms with van der Waals surface area (Å²) in [7, 11) is 2.06. The molecule has 2 aromatic carbocycles. The molecule has 0 aliphatic rings. The highest BCUT2D eigenvalue weighted by molar-refractivity contribution is 7.09. The maximum Gasteiger partial charge on any atom is 0.240 e. The molecule has 0 amide bonds. The average Bonchev–Trinajstić information content (AvgIpc) is 3.36. The van der Waals surface area contributed by atoms with E-state index in [-0.39, 0.29) is 5.92 Å². The van der Waals surface area contributed by atoms with Crippen molar-refractivity contribution < 1.29 is 4.52 Å². The lowest BCUT2D eigenvalue weighted by molar-refractivity contribution is 0.262. The molecule has 4 rings (SSSR count). The van der Waals surface area contributed by atoms with Gasteiger partial charge >= 0.3 is 0 Å². The van der Waals surface area contributed by atoms with Crippen molar-refractivity contribution in [1.29, 1.82) is 0 Å². The minimum atomic E-state index is -0.0347. The molecule has 4 nitrogen and oxygen atoms in total. The van der Waals surface area contributed by atoms with Crippen molar-refractivity contribution in [3.05, 3.63) is 106 Å². The molecule has 0 spiro atoms. The molecule has 2 heterocycles. The summed E-state index contributed by atoms with van der Waals surface area (Å²) < 4.78 is 5.58.